The van der Waals surface area contributed by atoms with E-state index in [1.165, 1.54) is 11.8 Å². The van der Waals surface area contributed by atoms with E-state index in [2.05, 4.69) is 21.8 Å². The third-order valence-electron chi connectivity index (χ3n) is 2.00. The number of aromatic nitrogens is 2. The van der Waals surface area contributed by atoms with E-state index in [4.69, 9.17) is 11.6 Å². The summed E-state index contributed by atoms with van der Waals surface area (Å²) in [5.41, 5.74) is 0. The number of thioether (sulfide) groups is 1. The van der Waals surface area contributed by atoms with Gasteiger partial charge in [-0.3, -0.25) is 0 Å². The van der Waals surface area contributed by atoms with E-state index in [9.17, 15) is 0 Å². The van der Waals surface area contributed by atoms with Crippen LogP contribution in [0.25, 0.3) is 0 Å². The number of hydrogen-bond acceptors (Lipinski definition) is 4. The van der Waals surface area contributed by atoms with E-state index in [-0.39, 0.29) is 0 Å². The van der Waals surface area contributed by atoms with Crippen LogP contribution in [-0.2, 0) is 0 Å². The van der Waals surface area contributed by atoms with Crippen LogP contribution < -0.4 is 4.90 Å². The highest BCUT2D eigenvalue weighted by molar-refractivity contribution is 7.98. The molecule has 0 bridgehead atoms. The van der Waals surface area contributed by atoms with Gasteiger partial charge in [0.2, 0.25) is 0 Å². The molecule has 0 spiro atoms. The van der Waals surface area contributed by atoms with Gasteiger partial charge in [-0.05, 0) is 13.2 Å². The fourth-order valence-electron chi connectivity index (χ4n) is 1.18. The Kier molecular flexibility index (Phi) is 2.34. The molecule has 70 valence electrons. The zero-order valence-corrected chi connectivity index (χ0v) is 9.06. The van der Waals surface area contributed by atoms with Crippen LogP contribution in [-0.4, -0.2) is 28.8 Å². The molecule has 2 rings (SSSR count). The van der Waals surface area contributed by atoms with Crippen molar-refractivity contribution in [2.45, 2.75) is 18.1 Å². The minimum absolute atomic E-state index is 0.522. The normalized spacial score (nSPS) is 20.5. The van der Waals surface area contributed by atoms with E-state index < -0.39 is 0 Å². The maximum absolute atomic E-state index is 5.86. The second-order valence-corrected chi connectivity index (χ2v) is 4.20. The molecule has 0 saturated carbocycles. The molecule has 0 unspecified atom stereocenters. The van der Waals surface area contributed by atoms with Crippen molar-refractivity contribution in [3.8, 4) is 0 Å². The lowest BCUT2D eigenvalue weighted by atomic mass is 10.5. The first-order chi connectivity index (χ1) is 6.20. The van der Waals surface area contributed by atoms with Gasteiger partial charge in [0.25, 0.3) is 0 Å². The SMILES string of the molecule is CSc1nc(Cl)cc(N2C[C@H]2C)n1. The van der Waals surface area contributed by atoms with Gasteiger partial charge in [-0.2, -0.15) is 0 Å². The molecule has 1 atom stereocenters. The van der Waals surface area contributed by atoms with Gasteiger partial charge in [-0.1, -0.05) is 23.4 Å². The molecule has 0 radical (unpaired) electrons. The molecule has 0 aromatic carbocycles. The van der Waals surface area contributed by atoms with E-state index in [0.29, 0.717) is 11.2 Å². The number of anilines is 1. The van der Waals surface area contributed by atoms with Crippen molar-refractivity contribution < 1.29 is 0 Å². The number of hydrogen-bond donors (Lipinski definition) is 0. The van der Waals surface area contributed by atoms with E-state index in [1.54, 1.807) is 0 Å². The van der Waals surface area contributed by atoms with E-state index in [0.717, 1.165) is 17.5 Å². The van der Waals surface area contributed by atoms with Gasteiger partial charge in [0.05, 0.1) is 0 Å². The Bertz CT molecular complexity index is 331. The average Bonchev–Trinajstić information content (AvgIpc) is 2.81. The Morgan fingerprint density at radius 3 is 2.85 bits per heavy atom. The van der Waals surface area contributed by atoms with E-state index >= 15 is 0 Å². The lowest BCUT2D eigenvalue weighted by molar-refractivity contribution is 0.951. The molecule has 1 aromatic rings. The molecule has 5 heteroatoms. The molecule has 13 heavy (non-hydrogen) atoms. The lowest BCUT2D eigenvalue weighted by Gasteiger charge is -2.04. The van der Waals surface area contributed by atoms with Crippen LogP contribution in [0, 0.1) is 0 Å². The summed E-state index contributed by atoms with van der Waals surface area (Å²) >= 11 is 7.37. The molecule has 1 fully saturated rings. The maximum atomic E-state index is 5.86. The Morgan fingerprint density at radius 2 is 2.31 bits per heavy atom. The lowest BCUT2D eigenvalue weighted by Crippen LogP contribution is -2.00. The summed E-state index contributed by atoms with van der Waals surface area (Å²) in [6.07, 6.45) is 1.95. The van der Waals surface area contributed by atoms with Gasteiger partial charge in [-0.25, -0.2) is 9.97 Å². The summed E-state index contributed by atoms with van der Waals surface area (Å²) in [5.74, 6) is 0.942. The van der Waals surface area contributed by atoms with Crippen LogP contribution in [0.1, 0.15) is 6.92 Å². The van der Waals surface area contributed by atoms with Crippen LogP contribution in [0.5, 0.6) is 0 Å². The molecule has 1 aliphatic rings. The van der Waals surface area contributed by atoms with Gasteiger partial charge < -0.3 is 4.90 Å². The number of nitrogens with zero attached hydrogens (tertiary/aromatic N) is 3. The number of halogens is 1. The fourth-order valence-corrected chi connectivity index (χ4v) is 1.78. The van der Waals surface area contributed by atoms with Crippen LogP contribution in [0.2, 0.25) is 5.15 Å². The Labute approximate surface area is 86.5 Å². The highest BCUT2D eigenvalue weighted by Gasteiger charge is 2.30. The van der Waals surface area contributed by atoms with Crippen molar-refractivity contribution >= 4 is 29.2 Å². The van der Waals surface area contributed by atoms with Gasteiger partial charge in [0.1, 0.15) is 11.0 Å². The molecular formula is C8H10ClN3S. The molecule has 2 heterocycles. The van der Waals surface area contributed by atoms with Crippen molar-refractivity contribution in [1.29, 1.82) is 0 Å². The topological polar surface area (TPSA) is 28.8 Å². The molecule has 3 nitrogen and oxygen atoms in total. The highest BCUT2D eigenvalue weighted by Crippen LogP contribution is 2.28. The van der Waals surface area contributed by atoms with Gasteiger partial charge >= 0.3 is 0 Å². The average molecular weight is 216 g/mol. The predicted octanol–water partition coefficient (Wildman–Crippen LogP) is 2.06. The summed E-state index contributed by atoms with van der Waals surface area (Å²) in [7, 11) is 0. The highest BCUT2D eigenvalue weighted by atomic mass is 35.5. The molecule has 1 aliphatic heterocycles. The van der Waals surface area contributed by atoms with Crippen molar-refractivity contribution in [3.63, 3.8) is 0 Å². The summed E-state index contributed by atoms with van der Waals surface area (Å²) in [4.78, 5) is 10.6. The first kappa shape index (κ1) is 9.09. The molecular weight excluding hydrogens is 206 g/mol. The summed E-state index contributed by atoms with van der Waals surface area (Å²) < 4.78 is 0. The Hall–Kier alpha value is -0.480. The van der Waals surface area contributed by atoms with Gasteiger partial charge in [0, 0.05) is 18.7 Å². The zero-order chi connectivity index (χ0) is 9.42. The van der Waals surface area contributed by atoms with Crippen LogP contribution in [0.4, 0.5) is 5.82 Å². The maximum Gasteiger partial charge on any atom is 0.190 e. The third kappa shape index (κ3) is 1.89. The van der Waals surface area contributed by atoms with E-state index in [1.807, 2.05) is 12.3 Å². The minimum Gasteiger partial charge on any atom is -0.350 e. The largest absolute Gasteiger partial charge is 0.350 e. The fraction of sp³-hybridized carbons (Fsp3) is 0.500. The second kappa shape index (κ2) is 3.35. The third-order valence-corrected chi connectivity index (χ3v) is 2.74. The molecule has 1 aromatic heterocycles. The Balaban J connectivity index is 2.30. The van der Waals surface area contributed by atoms with Crippen molar-refractivity contribution in [2.75, 3.05) is 17.7 Å². The summed E-state index contributed by atoms with van der Waals surface area (Å²) in [5, 5.41) is 1.26. The monoisotopic (exact) mass is 215 g/mol. The minimum atomic E-state index is 0.522. The quantitative estimate of drug-likeness (QED) is 0.327. The van der Waals surface area contributed by atoms with Crippen molar-refractivity contribution in [1.82, 2.24) is 9.97 Å². The Morgan fingerprint density at radius 1 is 1.62 bits per heavy atom. The number of rotatable bonds is 2. The molecule has 0 amide bonds. The van der Waals surface area contributed by atoms with Crippen LogP contribution >= 0.6 is 23.4 Å². The van der Waals surface area contributed by atoms with Crippen molar-refractivity contribution in [2.24, 2.45) is 0 Å². The second-order valence-electron chi connectivity index (χ2n) is 3.04. The predicted molar refractivity (Wildman–Crippen MR) is 55.6 cm³/mol. The summed E-state index contributed by atoms with van der Waals surface area (Å²) in [6.45, 7) is 3.23. The van der Waals surface area contributed by atoms with Crippen molar-refractivity contribution in [3.05, 3.63) is 11.2 Å². The summed E-state index contributed by atoms with van der Waals surface area (Å²) in [6, 6.07) is 2.41. The van der Waals surface area contributed by atoms with Gasteiger partial charge in [-0.15, -0.1) is 0 Å². The molecule has 0 N–H and O–H groups in total. The van der Waals surface area contributed by atoms with Crippen LogP contribution in [0.3, 0.4) is 0 Å². The smallest absolute Gasteiger partial charge is 0.190 e. The van der Waals surface area contributed by atoms with Crippen LogP contribution in [0.15, 0.2) is 11.2 Å². The zero-order valence-electron chi connectivity index (χ0n) is 7.49. The first-order valence-corrected chi connectivity index (χ1v) is 5.66. The van der Waals surface area contributed by atoms with Gasteiger partial charge in [0.15, 0.2) is 5.16 Å². The first-order valence-electron chi connectivity index (χ1n) is 4.06. The molecule has 1 saturated heterocycles. The standard InChI is InChI=1S/C8H10ClN3S/c1-5-4-12(5)7-3-6(9)10-8(11-7)13-2/h3,5H,4H2,1-2H3/t5-,12?/m1/s1. The molecule has 0 aliphatic carbocycles.